The van der Waals surface area contributed by atoms with Crippen molar-refractivity contribution in [2.75, 3.05) is 69.8 Å². The van der Waals surface area contributed by atoms with Crippen LogP contribution in [0.5, 0.6) is 11.5 Å². The number of aromatic nitrogens is 2. The normalized spacial score (nSPS) is 20.6. The maximum absolute atomic E-state index is 14.9. The number of ether oxygens (including phenoxy) is 3. The van der Waals surface area contributed by atoms with Crippen LogP contribution in [0.25, 0.3) is 11.3 Å². The van der Waals surface area contributed by atoms with E-state index >= 15 is 0 Å². The van der Waals surface area contributed by atoms with E-state index in [2.05, 4.69) is 25.1 Å². The average Bonchev–Trinajstić information content (AvgIpc) is 3.05. The molecule has 1 unspecified atom stereocenters. The number of carbonyl (C=O) groups is 1. The van der Waals surface area contributed by atoms with Crippen molar-refractivity contribution >= 4 is 23.2 Å². The van der Waals surface area contributed by atoms with Crippen molar-refractivity contribution < 1.29 is 32.9 Å². The Morgan fingerprint density at radius 2 is 1.91 bits per heavy atom. The Hall–Kier alpha value is -4.58. The lowest BCUT2D eigenvalue weighted by Gasteiger charge is -2.43. The topological polar surface area (TPSA) is 136 Å². The summed E-state index contributed by atoms with van der Waals surface area (Å²) in [6.45, 7) is 5.72. The van der Waals surface area contributed by atoms with E-state index in [1.165, 1.54) is 19.1 Å². The zero-order valence-electron chi connectivity index (χ0n) is 26.2. The Morgan fingerprint density at radius 3 is 2.57 bits per heavy atom. The van der Waals surface area contributed by atoms with Gasteiger partial charge in [0.2, 0.25) is 5.95 Å². The molecular formula is C33H37F2N7O5. The average molecular weight is 650 g/mol. The number of likely N-dealkylation sites (tertiary alicyclic amines) is 1. The maximum atomic E-state index is 14.9. The lowest BCUT2D eigenvalue weighted by Crippen LogP contribution is -2.56. The molecule has 3 aliphatic rings. The third-order valence-corrected chi connectivity index (χ3v) is 8.75. The number of anilines is 3. The number of piperazine rings is 1. The van der Waals surface area contributed by atoms with Gasteiger partial charge in [-0.25, -0.2) is 18.7 Å². The first-order chi connectivity index (χ1) is 22.6. The molecule has 2 aromatic carbocycles. The summed E-state index contributed by atoms with van der Waals surface area (Å²) in [6.07, 6.45) is -1.48. The maximum Gasteiger partial charge on any atom is 0.301 e. The quantitative estimate of drug-likeness (QED) is 0.354. The highest BCUT2D eigenvalue weighted by atomic mass is 19.3. The van der Waals surface area contributed by atoms with Gasteiger partial charge in [0.25, 0.3) is 5.91 Å². The number of carbonyl (C=O) groups excluding carboxylic acids is 1. The van der Waals surface area contributed by atoms with E-state index in [0.717, 1.165) is 61.4 Å². The van der Waals surface area contributed by atoms with E-state index in [1.807, 2.05) is 24.3 Å². The van der Waals surface area contributed by atoms with Crippen molar-refractivity contribution in [3.63, 3.8) is 0 Å². The number of rotatable bonds is 9. The zero-order valence-corrected chi connectivity index (χ0v) is 26.2. The number of methoxy groups -OCH3 is 1. The number of hydrogen-bond donors (Lipinski definition) is 2. The molecule has 0 spiro atoms. The monoisotopic (exact) mass is 649 g/mol. The first-order valence-electron chi connectivity index (χ1n) is 15.6. The number of hydrogen-bond acceptors (Lipinski definition) is 11. The molecule has 1 amide bonds. The molecule has 0 saturated carbocycles. The Kier molecular flexibility index (Phi) is 9.40. The molecule has 6 rings (SSSR count). The second kappa shape index (κ2) is 13.6. The molecule has 0 radical (unpaired) electrons. The number of halogens is 2. The zero-order chi connectivity index (χ0) is 33.1. The fraction of sp³-hybridized carbons (Fsp3) is 0.455. The lowest BCUT2D eigenvalue weighted by atomic mass is 10.0. The summed E-state index contributed by atoms with van der Waals surface area (Å²) < 4.78 is 46.6. The minimum absolute atomic E-state index is 0.00282. The molecule has 3 aliphatic heterocycles. The van der Waals surface area contributed by atoms with E-state index in [4.69, 9.17) is 14.2 Å². The van der Waals surface area contributed by atoms with Crippen LogP contribution in [-0.4, -0.2) is 115 Å². The van der Waals surface area contributed by atoms with Gasteiger partial charge in [0.15, 0.2) is 6.10 Å². The van der Waals surface area contributed by atoms with Crippen LogP contribution in [0.2, 0.25) is 0 Å². The van der Waals surface area contributed by atoms with Crippen molar-refractivity contribution in [1.82, 2.24) is 19.8 Å². The highest BCUT2D eigenvalue weighted by molar-refractivity contribution is 5.80. The van der Waals surface area contributed by atoms with Crippen molar-refractivity contribution in [1.29, 1.82) is 5.26 Å². The summed E-state index contributed by atoms with van der Waals surface area (Å²) in [5.41, 5.74) is 2.90. The summed E-state index contributed by atoms with van der Waals surface area (Å²) in [5, 5.41) is 22.5. The SMILES string of the molecule is COc1cc(Nc2nccc(-c3ccc(OC4CCN(C(=O)[C@H](C)O)CC4(F)F)c(C#N)c3)n2)ccc1N1CCN(C2COC2)CC1. The molecular weight excluding hydrogens is 612 g/mol. The summed E-state index contributed by atoms with van der Waals surface area (Å²) in [7, 11) is 1.64. The van der Waals surface area contributed by atoms with Gasteiger partial charge in [0.1, 0.15) is 23.7 Å². The predicted octanol–water partition coefficient (Wildman–Crippen LogP) is 3.28. The van der Waals surface area contributed by atoms with Crippen LogP contribution in [0.15, 0.2) is 48.7 Å². The molecule has 0 bridgehead atoms. The van der Waals surface area contributed by atoms with Crippen molar-refractivity contribution in [2.45, 2.75) is 37.5 Å². The molecule has 12 nitrogen and oxygen atoms in total. The van der Waals surface area contributed by atoms with Crippen molar-refractivity contribution in [2.24, 2.45) is 0 Å². The largest absolute Gasteiger partial charge is 0.495 e. The van der Waals surface area contributed by atoms with Crippen LogP contribution in [0.1, 0.15) is 18.9 Å². The van der Waals surface area contributed by atoms with Crippen LogP contribution in [-0.2, 0) is 9.53 Å². The van der Waals surface area contributed by atoms with Crippen LogP contribution in [0, 0.1) is 11.3 Å². The second-order valence-corrected chi connectivity index (χ2v) is 11.9. The van der Waals surface area contributed by atoms with Gasteiger partial charge in [0, 0.05) is 62.7 Å². The third-order valence-electron chi connectivity index (χ3n) is 8.75. The van der Waals surface area contributed by atoms with E-state index in [-0.39, 0.29) is 24.3 Å². The number of benzene rings is 2. The first-order valence-corrected chi connectivity index (χ1v) is 15.6. The molecule has 47 heavy (non-hydrogen) atoms. The van der Waals surface area contributed by atoms with Gasteiger partial charge in [0.05, 0.1) is 49.9 Å². The number of nitriles is 1. The molecule has 0 aliphatic carbocycles. The third kappa shape index (κ3) is 7.07. The summed E-state index contributed by atoms with van der Waals surface area (Å²) in [4.78, 5) is 26.7. The second-order valence-electron chi connectivity index (χ2n) is 11.9. The Bertz CT molecular complexity index is 1640. The number of aliphatic hydroxyl groups is 1. The van der Waals surface area contributed by atoms with Gasteiger partial charge in [-0.1, -0.05) is 0 Å². The number of nitrogens with one attached hydrogen (secondary N) is 1. The van der Waals surface area contributed by atoms with Crippen LogP contribution in [0.4, 0.5) is 26.1 Å². The lowest BCUT2D eigenvalue weighted by molar-refractivity contribution is -0.165. The summed E-state index contributed by atoms with van der Waals surface area (Å²) >= 11 is 0. The minimum atomic E-state index is -3.37. The molecule has 4 heterocycles. The van der Waals surface area contributed by atoms with Gasteiger partial charge < -0.3 is 34.4 Å². The van der Waals surface area contributed by atoms with Crippen molar-refractivity contribution in [3.05, 3.63) is 54.2 Å². The number of piperidine rings is 1. The molecule has 14 heteroatoms. The van der Waals surface area contributed by atoms with Gasteiger partial charge >= 0.3 is 5.92 Å². The number of aliphatic hydroxyl groups excluding tert-OH is 1. The molecule has 2 N–H and O–H groups in total. The molecule has 1 aromatic heterocycles. The molecule has 3 aromatic rings. The molecule has 3 saturated heterocycles. The number of alkyl halides is 2. The number of nitrogens with zero attached hydrogens (tertiary/aromatic N) is 6. The molecule has 3 fully saturated rings. The Morgan fingerprint density at radius 1 is 1.13 bits per heavy atom. The van der Waals surface area contributed by atoms with E-state index in [9.17, 15) is 23.9 Å². The van der Waals surface area contributed by atoms with Crippen LogP contribution in [0.3, 0.4) is 0 Å². The molecule has 248 valence electrons. The highest BCUT2D eigenvalue weighted by Crippen LogP contribution is 2.35. The van der Waals surface area contributed by atoms with Gasteiger partial charge in [-0.3, -0.25) is 9.69 Å². The van der Waals surface area contributed by atoms with Gasteiger partial charge in [-0.05, 0) is 43.3 Å². The summed E-state index contributed by atoms with van der Waals surface area (Å²) in [6, 6.07) is 14.7. The minimum Gasteiger partial charge on any atom is -0.495 e. The standard InChI is InChI=1S/C33H37F2N7O5/c1-21(43)31(44)42-10-8-30(33(34,35)20-42)47-28-6-3-22(15-23(28)17-36)26-7-9-37-32(39-26)38-24-4-5-27(29(16-24)45-2)41-13-11-40(12-14-41)25-18-46-19-25/h3-7,9,15-16,21,25,30,43H,8,10-14,18-20H2,1-2H3,(H,37,38,39)/t21-,30?/m0/s1. The highest BCUT2D eigenvalue weighted by Gasteiger charge is 2.48. The van der Waals surface area contributed by atoms with Crippen molar-refractivity contribution in [3.8, 4) is 28.8 Å². The first kappa shape index (κ1) is 32.4. The van der Waals surface area contributed by atoms with Gasteiger partial charge in [-0.2, -0.15) is 5.26 Å². The van der Waals surface area contributed by atoms with E-state index in [0.29, 0.717) is 23.2 Å². The Balaban J connectivity index is 1.12. The fourth-order valence-corrected chi connectivity index (χ4v) is 6.04. The smallest absolute Gasteiger partial charge is 0.301 e. The summed E-state index contributed by atoms with van der Waals surface area (Å²) in [5.74, 6) is -3.07. The van der Waals surface area contributed by atoms with Crippen LogP contribution >= 0.6 is 0 Å². The number of amides is 1. The predicted molar refractivity (Wildman–Crippen MR) is 169 cm³/mol. The van der Waals surface area contributed by atoms with Crippen LogP contribution < -0.4 is 19.7 Å². The molecule has 2 atom stereocenters. The van der Waals surface area contributed by atoms with E-state index in [1.54, 1.807) is 25.4 Å². The Labute approximate surface area is 271 Å². The van der Waals surface area contributed by atoms with Gasteiger partial charge in [-0.15, -0.1) is 0 Å². The van der Waals surface area contributed by atoms with E-state index < -0.39 is 30.6 Å². The fourth-order valence-electron chi connectivity index (χ4n) is 6.04.